The van der Waals surface area contributed by atoms with Gasteiger partial charge in [-0.2, -0.15) is 0 Å². The van der Waals surface area contributed by atoms with Gasteiger partial charge in [-0.05, 0) is 59.1 Å². The summed E-state index contributed by atoms with van der Waals surface area (Å²) in [5.41, 5.74) is 2.19. The first kappa shape index (κ1) is 17.8. The smallest absolute Gasteiger partial charge is 0.410 e. The Morgan fingerprint density at radius 2 is 2.00 bits per heavy atom. The minimum Gasteiger partial charge on any atom is -0.444 e. The molecule has 128 valence electrons. The number of carbonyl (C=O) groups is 1. The van der Waals surface area contributed by atoms with Crippen molar-refractivity contribution in [3.63, 3.8) is 0 Å². The molecular weight excluding hydrogens is 288 g/mol. The predicted octanol–water partition coefficient (Wildman–Crippen LogP) is 3.38. The first-order valence-electron chi connectivity index (χ1n) is 8.49. The number of likely N-dealkylation sites (tertiary alicyclic amines) is 1. The lowest BCUT2D eigenvalue weighted by Crippen LogP contribution is -2.39. The van der Waals surface area contributed by atoms with Gasteiger partial charge < -0.3 is 15.0 Å². The number of nitrogens with one attached hydrogen (secondary N) is 1. The van der Waals surface area contributed by atoms with Gasteiger partial charge in [0.05, 0.1) is 0 Å². The molecule has 1 amide bonds. The van der Waals surface area contributed by atoms with Crippen LogP contribution >= 0.6 is 0 Å². The Morgan fingerprint density at radius 1 is 1.35 bits per heavy atom. The first-order chi connectivity index (χ1) is 10.8. The zero-order chi connectivity index (χ0) is 17.0. The fourth-order valence-electron chi connectivity index (χ4n) is 3.09. The molecule has 1 saturated heterocycles. The summed E-state index contributed by atoms with van der Waals surface area (Å²) in [6, 6.07) is 9.08. The van der Waals surface area contributed by atoms with E-state index in [0.29, 0.717) is 12.0 Å². The van der Waals surface area contributed by atoms with Gasteiger partial charge in [-0.25, -0.2) is 4.79 Å². The molecule has 0 saturated carbocycles. The van der Waals surface area contributed by atoms with Crippen LogP contribution in [-0.2, 0) is 11.2 Å². The van der Waals surface area contributed by atoms with Gasteiger partial charge in [0.15, 0.2) is 0 Å². The van der Waals surface area contributed by atoms with Gasteiger partial charge in [0.2, 0.25) is 0 Å². The predicted molar refractivity (Wildman–Crippen MR) is 93.6 cm³/mol. The zero-order valence-corrected chi connectivity index (χ0v) is 15.1. The lowest BCUT2D eigenvalue weighted by atomic mass is 9.92. The molecular formula is C19H30N2O2. The van der Waals surface area contributed by atoms with Gasteiger partial charge >= 0.3 is 6.09 Å². The molecule has 1 aromatic rings. The number of hydrogen-bond acceptors (Lipinski definition) is 3. The Hall–Kier alpha value is -1.55. The molecule has 4 nitrogen and oxygen atoms in total. The molecule has 2 unspecified atom stereocenters. The van der Waals surface area contributed by atoms with Gasteiger partial charge in [-0.3, -0.25) is 0 Å². The molecule has 2 atom stereocenters. The molecule has 0 spiro atoms. The van der Waals surface area contributed by atoms with E-state index in [-0.39, 0.29) is 6.09 Å². The molecule has 2 rings (SSSR count). The van der Waals surface area contributed by atoms with Crippen molar-refractivity contribution in [3.8, 4) is 0 Å². The summed E-state index contributed by atoms with van der Waals surface area (Å²) in [6.07, 6.45) is 1.82. The van der Waals surface area contributed by atoms with E-state index in [9.17, 15) is 4.79 Å². The molecule has 4 heteroatoms. The molecule has 23 heavy (non-hydrogen) atoms. The Labute approximate surface area is 140 Å². The summed E-state index contributed by atoms with van der Waals surface area (Å²) in [4.78, 5) is 14.0. The summed E-state index contributed by atoms with van der Waals surface area (Å²) < 4.78 is 5.48. The summed E-state index contributed by atoms with van der Waals surface area (Å²) in [5.74, 6) is 0.467. The highest BCUT2D eigenvalue weighted by molar-refractivity contribution is 5.68. The van der Waals surface area contributed by atoms with E-state index in [2.05, 4.69) is 36.5 Å². The second kappa shape index (κ2) is 7.35. The number of benzene rings is 1. The second-order valence-electron chi connectivity index (χ2n) is 7.56. The Morgan fingerprint density at radius 3 is 2.57 bits per heavy atom. The zero-order valence-electron chi connectivity index (χ0n) is 15.1. The Kier molecular flexibility index (Phi) is 5.69. The molecule has 1 aromatic carbocycles. The third-order valence-electron chi connectivity index (χ3n) is 4.39. The lowest BCUT2D eigenvalue weighted by Gasteiger charge is -2.26. The largest absolute Gasteiger partial charge is 0.444 e. The van der Waals surface area contributed by atoms with E-state index in [1.165, 1.54) is 11.1 Å². The molecule has 1 aliphatic rings. The van der Waals surface area contributed by atoms with Crippen molar-refractivity contribution in [1.82, 2.24) is 10.2 Å². The topological polar surface area (TPSA) is 41.6 Å². The van der Waals surface area contributed by atoms with E-state index < -0.39 is 5.60 Å². The number of rotatable bonds is 4. The quantitative estimate of drug-likeness (QED) is 0.925. The maximum absolute atomic E-state index is 12.2. The van der Waals surface area contributed by atoms with Crippen molar-refractivity contribution in [2.75, 3.05) is 20.1 Å². The van der Waals surface area contributed by atoms with Crippen molar-refractivity contribution >= 4 is 6.09 Å². The average Bonchev–Trinajstić information content (AvgIpc) is 2.94. The number of likely N-dealkylation sites (N-methyl/N-ethyl adjacent to an activating group) is 1. The Balaban J connectivity index is 1.93. The van der Waals surface area contributed by atoms with Crippen molar-refractivity contribution < 1.29 is 9.53 Å². The third kappa shape index (κ3) is 5.24. The van der Waals surface area contributed by atoms with Crippen molar-refractivity contribution in [1.29, 1.82) is 0 Å². The van der Waals surface area contributed by atoms with Gasteiger partial charge in [-0.15, -0.1) is 0 Å². The maximum Gasteiger partial charge on any atom is 0.410 e. The number of hydrogen-bond donors (Lipinski definition) is 1. The SMILES string of the molecule is CNC(Cc1ccc(C)cc1)C1CCN(C(=O)OC(C)(C)C)C1. The number of nitrogens with zero attached hydrogens (tertiary/aromatic N) is 1. The molecule has 0 aliphatic carbocycles. The van der Waals surface area contributed by atoms with E-state index in [0.717, 1.165) is 25.9 Å². The lowest BCUT2D eigenvalue weighted by molar-refractivity contribution is 0.0285. The van der Waals surface area contributed by atoms with Gasteiger partial charge in [-0.1, -0.05) is 29.8 Å². The maximum atomic E-state index is 12.2. The van der Waals surface area contributed by atoms with Crippen molar-refractivity contribution in [2.45, 2.75) is 52.2 Å². The molecule has 1 aliphatic heterocycles. The normalized spacial score (nSPS) is 19.7. The number of ether oxygens (including phenoxy) is 1. The van der Waals surface area contributed by atoms with Crippen LogP contribution in [0.15, 0.2) is 24.3 Å². The van der Waals surface area contributed by atoms with Crippen LogP contribution < -0.4 is 5.32 Å². The summed E-state index contributed by atoms with van der Waals surface area (Å²) >= 11 is 0. The van der Waals surface area contributed by atoms with Crippen molar-refractivity contribution in [3.05, 3.63) is 35.4 Å². The highest BCUT2D eigenvalue weighted by atomic mass is 16.6. The van der Waals surface area contributed by atoms with Crippen LogP contribution in [-0.4, -0.2) is 42.8 Å². The summed E-state index contributed by atoms with van der Waals surface area (Å²) in [5, 5.41) is 3.44. The monoisotopic (exact) mass is 318 g/mol. The van der Waals surface area contributed by atoms with Crippen LogP contribution in [0.4, 0.5) is 4.79 Å². The number of aryl methyl sites for hydroxylation is 1. The van der Waals surface area contributed by atoms with Crippen LogP contribution in [0.1, 0.15) is 38.3 Å². The number of amides is 1. The van der Waals surface area contributed by atoms with Crippen LogP contribution in [0.5, 0.6) is 0 Å². The van der Waals surface area contributed by atoms with E-state index in [4.69, 9.17) is 4.74 Å². The average molecular weight is 318 g/mol. The molecule has 0 aromatic heterocycles. The van der Waals surface area contributed by atoms with E-state index in [1.54, 1.807) is 0 Å². The van der Waals surface area contributed by atoms with E-state index in [1.807, 2.05) is 32.7 Å². The highest BCUT2D eigenvalue weighted by Crippen LogP contribution is 2.24. The third-order valence-corrected chi connectivity index (χ3v) is 4.39. The van der Waals surface area contributed by atoms with Crippen LogP contribution in [0.3, 0.4) is 0 Å². The van der Waals surface area contributed by atoms with Crippen molar-refractivity contribution in [2.24, 2.45) is 5.92 Å². The molecule has 1 N–H and O–H groups in total. The van der Waals surface area contributed by atoms with Gasteiger partial charge in [0.25, 0.3) is 0 Å². The molecule has 0 radical (unpaired) electrons. The highest BCUT2D eigenvalue weighted by Gasteiger charge is 2.33. The number of carbonyl (C=O) groups excluding carboxylic acids is 1. The summed E-state index contributed by atoms with van der Waals surface area (Å²) in [6.45, 7) is 9.39. The molecule has 0 bridgehead atoms. The molecule has 1 fully saturated rings. The minimum atomic E-state index is -0.431. The standard InChI is InChI=1S/C19H30N2O2/c1-14-6-8-15(9-7-14)12-17(20-5)16-10-11-21(13-16)18(22)23-19(2,3)4/h6-9,16-17,20H,10-13H2,1-5H3. The van der Waals surface area contributed by atoms with E-state index >= 15 is 0 Å². The van der Waals surface area contributed by atoms with Crippen LogP contribution in [0.2, 0.25) is 0 Å². The first-order valence-corrected chi connectivity index (χ1v) is 8.49. The van der Waals surface area contributed by atoms with Crippen LogP contribution in [0, 0.1) is 12.8 Å². The second-order valence-corrected chi connectivity index (χ2v) is 7.56. The van der Waals surface area contributed by atoms with Gasteiger partial charge in [0, 0.05) is 19.1 Å². The summed E-state index contributed by atoms with van der Waals surface area (Å²) in [7, 11) is 2.01. The minimum absolute atomic E-state index is 0.190. The van der Waals surface area contributed by atoms with Crippen LogP contribution in [0.25, 0.3) is 0 Å². The molecule has 1 heterocycles. The van der Waals surface area contributed by atoms with Gasteiger partial charge in [0.1, 0.15) is 5.60 Å². The Bertz CT molecular complexity index is 519. The fraction of sp³-hybridized carbons (Fsp3) is 0.632. The fourth-order valence-corrected chi connectivity index (χ4v) is 3.09.